The molecule has 1 N–H and O–H groups in total. The molecule has 140 valence electrons. The third-order valence-corrected chi connectivity index (χ3v) is 4.60. The van der Waals surface area contributed by atoms with E-state index in [9.17, 15) is 13.6 Å². The molecule has 0 unspecified atom stereocenters. The molecule has 2 heterocycles. The molecule has 8 heteroatoms. The van der Waals surface area contributed by atoms with Gasteiger partial charge in [0.2, 0.25) is 0 Å². The van der Waals surface area contributed by atoms with Crippen LogP contribution in [0.15, 0.2) is 24.4 Å². The summed E-state index contributed by atoms with van der Waals surface area (Å²) >= 11 is 0. The summed E-state index contributed by atoms with van der Waals surface area (Å²) in [6.07, 6.45) is 4.97. The Morgan fingerprint density at radius 2 is 2.04 bits per heavy atom. The number of carbonyl (C=O) groups is 1. The van der Waals surface area contributed by atoms with Crippen LogP contribution in [0.2, 0.25) is 0 Å². The van der Waals surface area contributed by atoms with E-state index in [1.807, 2.05) is 19.1 Å². The number of nitrogens with zero attached hydrogens (tertiary/aromatic N) is 3. The van der Waals surface area contributed by atoms with E-state index in [-0.39, 0.29) is 23.5 Å². The number of carbonyl (C=O) groups excluding carboxylic acids is 1. The smallest absolute Gasteiger partial charge is 0.333 e. The molecule has 1 aliphatic rings. The third-order valence-electron chi connectivity index (χ3n) is 4.60. The second-order valence-electron chi connectivity index (χ2n) is 6.55. The Morgan fingerprint density at radius 3 is 2.65 bits per heavy atom. The van der Waals surface area contributed by atoms with Crippen LogP contribution < -0.4 is 10.1 Å². The number of hydrogen-bond donors (Lipinski definition) is 1. The van der Waals surface area contributed by atoms with Crippen molar-refractivity contribution in [3.63, 3.8) is 0 Å². The number of nitrogens with one attached hydrogen (secondary N) is 1. The number of aryl methyl sites for hydroxylation is 2. The molecular weight excluding hydrogens is 342 g/mol. The summed E-state index contributed by atoms with van der Waals surface area (Å²) in [5.74, 6) is 0.368. The van der Waals surface area contributed by atoms with Crippen LogP contribution in [0.1, 0.15) is 54.1 Å². The maximum atomic E-state index is 12.8. The van der Waals surface area contributed by atoms with Gasteiger partial charge in [-0.2, -0.15) is 13.9 Å². The van der Waals surface area contributed by atoms with Crippen molar-refractivity contribution in [1.82, 2.24) is 20.1 Å². The van der Waals surface area contributed by atoms with E-state index < -0.39 is 12.5 Å². The van der Waals surface area contributed by atoms with Crippen LogP contribution in [0.5, 0.6) is 5.75 Å². The topological polar surface area (TPSA) is 69.0 Å². The summed E-state index contributed by atoms with van der Waals surface area (Å²) in [5.41, 5.74) is 1.13. The lowest BCUT2D eigenvalue weighted by atomic mass is 9.93. The molecule has 1 fully saturated rings. The third kappa shape index (κ3) is 4.17. The molecule has 0 aromatic carbocycles. The Bertz CT molecular complexity index is 770. The Hall–Kier alpha value is -2.51. The Morgan fingerprint density at radius 1 is 1.31 bits per heavy atom. The predicted molar refractivity (Wildman–Crippen MR) is 91.3 cm³/mol. The minimum Gasteiger partial charge on any atom is -0.489 e. The molecule has 1 amide bonds. The van der Waals surface area contributed by atoms with Crippen molar-refractivity contribution >= 4 is 5.91 Å². The van der Waals surface area contributed by atoms with Crippen LogP contribution in [0.4, 0.5) is 8.78 Å². The van der Waals surface area contributed by atoms with Crippen LogP contribution >= 0.6 is 0 Å². The number of ether oxygens (including phenoxy) is 1. The number of halogens is 2. The van der Waals surface area contributed by atoms with Crippen LogP contribution in [0.3, 0.4) is 0 Å². The fraction of sp³-hybridized carbons (Fsp3) is 0.500. The molecule has 3 rings (SSSR count). The van der Waals surface area contributed by atoms with Crippen molar-refractivity contribution in [3.8, 4) is 5.75 Å². The zero-order valence-electron chi connectivity index (χ0n) is 14.8. The molecule has 0 saturated heterocycles. The molecule has 0 bridgehead atoms. The van der Waals surface area contributed by atoms with Gasteiger partial charge in [-0.15, -0.1) is 0 Å². The van der Waals surface area contributed by atoms with Crippen LogP contribution in [0, 0.1) is 13.8 Å². The molecule has 0 spiro atoms. The Kier molecular flexibility index (Phi) is 5.49. The predicted octanol–water partition coefficient (Wildman–Crippen LogP) is 3.41. The first-order valence-electron chi connectivity index (χ1n) is 8.67. The summed E-state index contributed by atoms with van der Waals surface area (Å²) in [7, 11) is 0. The van der Waals surface area contributed by atoms with Crippen molar-refractivity contribution in [1.29, 1.82) is 0 Å². The molecule has 1 saturated carbocycles. The number of amides is 1. The van der Waals surface area contributed by atoms with Crippen molar-refractivity contribution in [2.24, 2.45) is 0 Å². The minimum absolute atomic E-state index is 0.00523. The Balaban J connectivity index is 1.51. The zero-order chi connectivity index (χ0) is 18.7. The van der Waals surface area contributed by atoms with E-state index in [0.29, 0.717) is 4.68 Å². The molecule has 0 radical (unpaired) electrons. The Labute approximate surface area is 150 Å². The van der Waals surface area contributed by atoms with E-state index in [2.05, 4.69) is 15.4 Å². The highest BCUT2D eigenvalue weighted by atomic mass is 19.3. The minimum atomic E-state index is -2.75. The molecule has 2 aromatic rings. The number of pyridine rings is 1. The van der Waals surface area contributed by atoms with E-state index in [0.717, 1.165) is 37.1 Å². The second kappa shape index (κ2) is 7.80. The lowest BCUT2D eigenvalue weighted by Gasteiger charge is -2.29. The maximum absolute atomic E-state index is 12.8. The summed E-state index contributed by atoms with van der Waals surface area (Å²) in [6, 6.07) is 5.11. The van der Waals surface area contributed by atoms with Gasteiger partial charge < -0.3 is 10.1 Å². The van der Waals surface area contributed by atoms with Gasteiger partial charge in [0, 0.05) is 17.9 Å². The fourth-order valence-electron chi connectivity index (χ4n) is 3.15. The summed E-state index contributed by atoms with van der Waals surface area (Å²) in [6.45, 7) is 0.653. The SMILES string of the molecule is Cc1ncccc1OC1CCC(NC(=O)c2cc(C)n(C(F)F)n2)CC1. The van der Waals surface area contributed by atoms with Crippen molar-refractivity contribution in [3.05, 3.63) is 41.5 Å². The highest BCUT2D eigenvalue weighted by molar-refractivity contribution is 5.92. The first-order chi connectivity index (χ1) is 12.4. The lowest BCUT2D eigenvalue weighted by Crippen LogP contribution is -2.40. The quantitative estimate of drug-likeness (QED) is 0.883. The normalized spacial score (nSPS) is 20.2. The molecule has 0 aliphatic heterocycles. The zero-order valence-corrected chi connectivity index (χ0v) is 14.8. The molecule has 1 aliphatic carbocycles. The van der Waals surface area contributed by atoms with Gasteiger partial charge in [-0.3, -0.25) is 9.78 Å². The van der Waals surface area contributed by atoms with Crippen molar-refractivity contribution < 1.29 is 18.3 Å². The van der Waals surface area contributed by atoms with E-state index >= 15 is 0 Å². The van der Waals surface area contributed by atoms with Gasteiger partial charge in [0.1, 0.15) is 5.75 Å². The number of hydrogen-bond acceptors (Lipinski definition) is 4. The lowest BCUT2D eigenvalue weighted by molar-refractivity contribution is 0.0537. The van der Waals surface area contributed by atoms with Crippen molar-refractivity contribution in [2.75, 3.05) is 0 Å². The van der Waals surface area contributed by atoms with Gasteiger partial charge in [-0.05, 0) is 57.7 Å². The van der Waals surface area contributed by atoms with Gasteiger partial charge in [-0.1, -0.05) is 0 Å². The molecule has 26 heavy (non-hydrogen) atoms. The number of rotatable bonds is 5. The van der Waals surface area contributed by atoms with Gasteiger partial charge >= 0.3 is 6.55 Å². The molecule has 2 aromatic heterocycles. The van der Waals surface area contributed by atoms with Crippen LogP contribution in [0.25, 0.3) is 0 Å². The monoisotopic (exact) mass is 364 g/mol. The highest BCUT2D eigenvalue weighted by Crippen LogP contribution is 2.25. The second-order valence-corrected chi connectivity index (χ2v) is 6.55. The summed E-state index contributed by atoms with van der Waals surface area (Å²) < 4.78 is 32.1. The van der Waals surface area contributed by atoms with Gasteiger partial charge in [0.15, 0.2) is 5.69 Å². The van der Waals surface area contributed by atoms with Crippen LogP contribution in [-0.4, -0.2) is 32.8 Å². The molecular formula is C18H22F2N4O2. The van der Waals surface area contributed by atoms with E-state index in [4.69, 9.17) is 4.74 Å². The van der Waals surface area contributed by atoms with E-state index in [1.54, 1.807) is 6.20 Å². The molecule has 6 nitrogen and oxygen atoms in total. The highest BCUT2D eigenvalue weighted by Gasteiger charge is 2.25. The van der Waals surface area contributed by atoms with Gasteiger partial charge in [0.05, 0.1) is 11.8 Å². The maximum Gasteiger partial charge on any atom is 0.333 e. The average Bonchev–Trinajstić information content (AvgIpc) is 3.01. The van der Waals surface area contributed by atoms with E-state index in [1.165, 1.54) is 13.0 Å². The fourth-order valence-corrected chi connectivity index (χ4v) is 3.15. The standard InChI is InChI=1S/C18H22F2N4O2/c1-11-10-15(23-24(11)18(19)20)17(25)22-13-5-7-14(8-6-13)26-16-4-3-9-21-12(16)2/h3-4,9-10,13-14,18H,5-8H2,1-2H3,(H,22,25). The van der Waals surface area contributed by atoms with Gasteiger partial charge in [-0.25, -0.2) is 4.68 Å². The largest absolute Gasteiger partial charge is 0.489 e. The van der Waals surface area contributed by atoms with Crippen LogP contribution in [-0.2, 0) is 0 Å². The first-order valence-corrected chi connectivity index (χ1v) is 8.67. The van der Waals surface area contributed by atoms with Crippen molar-refractivity contribution in [2.45, 2.75) is 58.2 Å². The summed E-state index contributed by atoms with van der Waals surface area (Å²) in [4.78, 5) is 16.5. The average molecular weight is 364 g/mol. The number of alkyl halides is 2. The molecule has 0 atom stereocenters. The van der Waals surface area contributed by atoms with Gasteiger partial charge in [0.25, 0.3) is 5.91 Å². The first kappa shape index (κ1) is 18.3. The number of aromatic nitrogens is 3. The summed E-state index contributed by atoms with van der Waals surface area (Å²) in [5, 5.41) is 6.56.